The van der Waals surface area contributed by atoms with Crippen LogP contribution in [0.5, 0.6) is 5.75 Å². The predicted molar refractivity (Wildman–Crippen MR) is 58.1 cm³/mol. The van der Waals surface area contributed by atoms with Crippen LogP contribution < -0.4 is 0 Å². The number of hydrogen-bond donors (Lipinski definition) is 1. The summed E-state index contributed by atoms with van der Waals surface area (Å²) < 4.78 is 4.78. The fraction of sp³-hybridized carbons (Fsp3) is 0.364. The van der Waals surface area contributed by atoms with Gasteiger partial charge in [0.2, 0.25) is 0 Å². The number of rotatable bonds is 4. The first-order chi connectivity index (χ1) is 7.13. The van der Waals surface area contributed by atoms with Gasteiger partial charge < -0.3 is 9.84 Å². The first-order valence-electron chi connectivity index (χ1n) is 4.76. The van der Waals surface area contributed by atoms with E-state index in [1.54, 1.807) is 19.1 Å². The monoisotopic (exact) mass is 228 g/mol. The van der Waals surface area contributed by atoms with E-state index in [1.807, 2.05) is 0 Å². The topological polar surface area (TPSA) is 46.5 Å². The van der Waals surface area contributed by atoms with Gasteiger partial charge in [0.15, 0.2) is 0 Å². The van der Waals surface area contributed by atoms with Crippen LogP contribution >= 0.6 is 11.6 Å². The highest BCUT2D eigenvalue weighted by Crippen LogP contribution is 2.22. The second-order valence-corrected chi connectivity index (χ2v) is 3.51. The highest BCUT2D eigenvalue weighted by Gasteiger charge is 2.06. The molecule has 0 heterocycles. The summed E-state index contributed by atoms with van der Waals surface area (Å²) in [6.07, 6.45) is 0.727. The molecule has 1 aromatic carbocycles. The molecule has 0 unspecified atom stereocenters. The summed E-state index contributed by atoms with van der Waals surface area (Å²) >= 11 is 5.68. The zero-order valence-corrected chi connectivity index (χ0v) is 9.25. The first-order valence-corrected chi connectivity index (χ1v) is 5.14. The Morgan fingerprint density at radius 3 is 2.87 bits per heavy atom. The average molecular weight is 229 g/mol. The molecule has 0 atom stereocenters. The van der Waals surface area contributed by atoms with Crippen LogP contribution in [-0.2, 0) is 16.0 Å². The minimum absolute atomic E-state index is 0.117. The van der Waals surface area contributed by atoms with E-state index in [4.69, 9.17) is 16.3 Å². The third-order valence-corrected chi connectivity index (χ3v) is 2.19. The molecule has 15 heavy (non-hydrogen) atoms. The molecule has 3 nitrogen and oxygen atoms in total. The van der Waals surface area contributed by atoms with Crippen LogP contribution in [-0.4, -0.2) is 17.7 Å². The molecule has 0 amide bonds. The Labute approximate surface area is 93.6 Å². The molecule has 0 saturated heterocycles. The van der Waals surface area contributed by atoms with Crippen LogP contribution in [0, 0.1) is 0 Å². The summed E-state index contributed by atoms with van der Waals surface area (Å²) in [7, 11) is 0. The Kier molecular flexibility index (Phi) is 4.43. The van der Waals surface area contributed by atoms with Crippen molar-refractivity contribution in [3.05, 3.63) is 28.8 Å². The second kappa shape index (κ2) is 5.61. The van der Waals surface area contributed by atoms with Gasteiger partial charge in [-0.2, -0.15) is 0 Å². The third kappa shape index (κ3) is 3.80. The lowest BCUT2D eigenvalue weighted by Gasteiger charge is -2.04. The standard InChI is InChI=1S/C11H13ClO3/c1-2-15-11(14)6-4-8-3-5-9(12)7-10(8)13/h3,5,7,13H,2,4,6H2,1H3. The summed E-state index contributed by atoms with van der Waals surface area (Å²) in [5.74, 6) is -0.140. The summed E-state index contributed by atoms with van der Waals surface area (Å²) in [6.45, 7) is 2.14. The molecule has 0 fully saturated rings. The lowest BCUT2D eigenvalue weighted by atomic mass is 10.1. The molecule has 0 spiro atoms. The lowest BCUT2D eigenvalue weighted by molar-refractivity contribution is -0.143. The summed E-state index contributed by atoms with van der Waals surface area (Å²) in [5, 5.41) is 9.98. The number of carbonyl (C=O) groups excluding carboxylic acids is 1. The molecule has 4 heteroatoms. The number of aromatic hydroxyl groups is 1. The van der Waals surface area contributed by atoms with Crippen LogP contribution in [0.15, 0.2) is 18.2 Å². The van der Waals surface area contributed by atoms with Crippen molar-refractivity contribution < 1.29 is 14.6 Å². The molecular formula is C11H13ClO3. The van der Waals surface area contributed by atoms with Crippen LogP contribution in [0.4, 0.5) is 0 Å². The van der Waals surface area contributed by atoms with Gasteiger partial charge in [0.1, 0.15) is 5.75 Å². The molecule has 0 aliphatic rings. The predicted octanol–water partition coefficient (Wildman–Crippen LogP) is 2.54. The molecule has 0 saturated carbocycles. The van der Waals surface area contributed by atoms with E-state index >= 15 is 0 Å². The van der Waals surface area contributed by atoms with Crippen molar-refractivity contribution in [3.8, 4) is 5.75 Å². The smallest absolute Gasteiger partial charge is 0.306 e. The van der Waals surface area contributed by atoms with Gasteiger partial charge in [0, 0.05) is 11.4 Å². The van der Waals surface area contributed by atoms with Crippen LogP contribution in [0.3, 0.4) is 0 Å². The van der Waals surface area contributed by atoms with Gasteiger partial charge in [-0.15, -0.1) is 0 Å². The summed E-state index contributed by atoms with van der Waals surface area (Å²) in [4.78, 5) is 11.1. The molecule has 0 radical (unpaired) electrons. The molecule has 0 aromatic heterocycles. The molecule has 0 bridgehead atoms. The number of phenols is 1. The molecular weight excluding hydrogens is 216 g/mol. The average Bonchev–Trinajstić information content (AvgIpc) is 2.17. The van der Waals surface area contributed by atoms with Gasteiger partial charge in [0.25, 0.3) is 0 Å². The molecule has 0 aliphatic heterocycles. The SMILES string of the molecule is CCOC(=O)CCc1ccc(Cl)cc1O. The summed E-state index contributed by atoms with van der Waals surface area (Å²) in [5.41, 5.74) is 0.701. The maximum atomic E-state index is 11.1. The first kappa shape index (κ1) is 11.9. The van der Waals surface area contributed by atoms with Gasteiger partial charge in [-0.05, 0) is 31.0 Å². The van der Waals surface area contributed by atoms with E-state index in [0.29, 0.717) is 23.6 Å². The zero-order valence-electron chi connectivity index (χ0n) is 8.50. The number of phenolic OH excluding ortho intramolecular Hbond substituents is 1. The van der Waals surface area contributed by atoms with Crippen LogP contribution in [0.2, 0.25) is 5.02 Å². The number of ether oxygens (including phenoxy) is 1. The van der Waals surface area contributed by atoms with Crippen molar-refractivity contribution in [1.29, 1.82) is 0 Å². The number of esters is 1. The van der Waals surface area contributed by atoms with E-state index in [-0.39, 0.29) is 18.1 Å². The maximum Gasteiger partial charge on any atom is 0.306 e. The van der Waals surface area contributed by atoms with Gasteiger partial charge in [-0.25, -0.2) is 0 Å². The zero-order chi connectivity index (χ0) is 11.3. The van der Waals surface area contributed by atoms with Crippen LogP contribution in [0.25, 0.3) is 0 Å². The normalized spacial score (nSPS) is 10.0. The van der Waals surface area contributed by atoms with Gasteiger partial charge in [-0.1, -0.05) is 17.7 Å². The minimum Gasteiger partial charge on any atom is -0.508 e. The highest BCUT2D eigenvalue weighted by atomic mass is 35.5. The van der Waals surface area contributed by atoms with Crippen molar-refractivity contribution in [2.75, 3.05) is 6.61 Å². The van der Waals surface area contributed by atoms with Crippen molar-refractivity contribution in [2.45, 2.75) is 19.8 Å². The van der Waals surface area contributed by atoms with Crippen molar-refractivity contribution in [3.63, 3.8) is 0 Å². The molecule has 82 valence electrons. The number of halogens is 1. The Hall–Kier alpha value is -1.22. The molecule has 1 rings (SSSR count). The van der Waals surface area contributed by atoms with E-state index < -0.39 is 0 Å². The van der Waals surface area contributed by atoms with Crippen molar-refractivity contribution in [2.24, 2.45) is 0 Å². The summed E-state index contributed by atoms with van der Waals surface area (Å²) in [6, 6.07) is 4.85. The lowest BCUT2D eigenvalue weighted by Crippen LogP contribution is -2.05. The number of aryl methyl sites for hydroxylation is 1. The third-order valence-electron chi connectivity index (χ3n) is 1.95. The Bertz CT molecular complexity index is 350. The molecule has 0 aliphatic carbocycles. The van der Waals surface area contributed by atoms with Crippen molar-refractivity contribution in [1.82, 2.24) is 0 Å². The van der Waals surface area contributed by atoms with Crippen LogP contribution in [0.1, 0.15) is 18.9 Å². The van der Waals surface area contributed by atoms with E-state index in [9.17, 15) is 9.90 Å². The van der Waals surface area contributed by atoms with Gasteiger partial charge in [-0.3, -0.25) is 4.79 Å². The molecule has 1 aromatic rings. The fourth-order valence-corrected chi connectivity index (χ4v) is 1.38. The maximum absolute atomic E-state index is 11.1. The van der Waals surface area contributed by atoms with Gasteiger partial charge >= 0.3 is 5.97 Å². The Morgan fingerprint density at radius 2 is 2.27 bits per heavy atom. The van der Waals surface area contributed by atoms with E-state index in [0.717, 1.165) is 0 Å². The largest absolute Gasteiger partial charge is 0.508 e. The minimum atomic E-state index is -0.258. The fourth-order valence-electron chi connectivity index (χ4n) is 1.22. The van der Waals surface area contributed by atoms with Gasteiger partial charge in [0.05, 0.1) is 6.61 Å². The Balaban J connectivity index is 2.54. The second-order valence-electron chi connectivity index (χ2n) is 3.08. The van der Waals surface area contributed by atoms with E-state index in [2.05, 4.69) is 0 Å². The number of carbonyl (C=O) groups is 1. The Morgan fingerprint density at radius 1 is 1.53 bits per heavy atom. The number of hydrogen-bond acceptors (Lipinski definition) is 3. The molecule has 1 N–H and O–H groups in total. The number of benzene rings is 1. The highest BCUT2D eigenvalue weighted by molar-refractivity contribution is 6.30. The quantitative estimate of drug-likeness (QED) is 0.806. The van der Waals surface area contributed by atoms with Crippen molar-refractivity contribution >= 4 is 17.6 Å². The van der Waals surface area contributed by atoms with E-state index in [1.165, 1.54) is 6.07 Å².